The number of nitrogens with two attached hydrogens (primary N) is 1. The Morgan fingerprint density at radius 3 is 2.75 bits per heavy atom. The van der Waals surface area contributed by atoms with E-state index in [4.69, 9.17) is 15.0 Å². The van der Waals surface area contributed by atoms with Crippen molar-refractivity contribution in [1.29, 1.82) is 0 Å². The minimum absolute atomic E-state index is 0.0682. The minimum Gasteiger partial charge on any atom is -0.495 e. The number of fused-ring (bicyclic) bond motifs is 1. The van der Waals surface area contributed by atoms with Crippen LogP contribution in [0.15, 0.2) is 17.0 Å². The van der Waals surface area contributed by atoms with E-state index in [-0.39, 0.29) is 10.6 Å². The molecule has 2 aromatic rings. The maximum absolute atomic E-state index is 11.1. The molecule has 86 valence electrons. The molecule has 0 bridgehead atoms. The Kier molecular flexibility index (Phi) is 2.49. The zero-order valence-corrected chi connectivity index (χ0v) is 9.80. The molecule has 0 spiro atoms. The maximum atomic E-state index is 11.1. The smallest absolute Gasteiger partial charge is 0.298 e. The summed E-state index contributed by atoms with van der Waals surface area (Å²) >= 11 is 1.21. The lowest BCUT2D eigenvalue weighted by atomic mass is 10.3. The molecule has 1 aromatic carbocycles. The van der Waals surface area contributed by atoms with Crippen molar-refractivity contribution < 1.29 is 17.7 Å². The molecule has 0 atom stereocenters. The number of aromatic nitrogens is 1. The van der Waals surface area contributed by atoms with Crippen LogP contribution in [0.2, 0.25) is 0 Å². The summed E-state index contributed by atoms with van der Waals surface area (Å²) in [4.78, 5) is 3.62. The first-order chi connectivity index (χ1) is 7.41. The zero-order valence-electron chi connectivity index (χ0n) is 8.17. The normalized spacial score (nSPS) is 11.9. The van der Waals surface area contributed by atoms with Crippen molar-refractivity contribution in [3.8, 4) is 5.75 Å². The van der Waals surface area contributed by atoms with E-state index in [1.165, 1.54) is 30.6 Å². The van der Waals surface area contributed by atoms with E-state index in [1.807, 2.05) is 0 Å². The van der Waals surface area contributed by atoms with Crippen LogP contribution in [-0.4, -0.2) is 25.1 Å². The highest BCUT2D eigenvalue weighted by atomic mass is 32.2. The van der Waals surface area contributed by atoms with Crippen LogP contribution in [0.1, 0.15) is 0 Å². The second kappa shape index (κ2) is 3.58. The highest BCUT2D eigenvalue weighted by Gasteiger charge is 2.18. The van der Waals surface area contributed by atoms with E-state index in [1.54, 1.807) is 0 Å². The third kappa shape index (κ3) is 1.82. The molecule has 0 amide bonds. The first-order valence-electron chi connectivity index (χ1n) is 4.13. The largest absolute Gasteiger partial charge is 0.495 e. The molecule has 0 saturated carbocycles. The van der Waals surface area contributed by atoms with Gasteiger partial charge in [-0.2, -0.15) is 8.42 Å². The fourth-order valence-electron chi connectivity index (χ4n) is 1.31. The van der Waals surface area contributed by atoms with Gasteiger partial charge < -0.3 is 10.5 Å². The van der Waals surface area contributed by atoms with Gasteiger partial charge in [-0.25, -0.2) is 4.98 Å². The molecule has 3 N–H and O–H groups in total. The van der Waals surface area contributed by atoms with Crippen LogP contribution in [0.4, 0.5) is 5.13 Å². The summed E-state index contributed by atoms with van der Waals surface area (Å²) in [6.45, 7) is 0. The van der Waals surface area contributed by atoms with Crippen LogP contribution in [0.25, 0.3) is 10.2 Å². The van der Waals surface area contributed by atoms with Gasteiger partial charge in [-0.1, -0.05) is 11.3 Å². The molecular formula is C8H8N2O4S2. The molecule has 0 aliphatic carbocycles. The number of hydrogen-bond acceptors (Lipinski definition) is 6. The number of nitrogen functional groups attached to an aromatic ring is 1. The Bertz CT molecular complexity index is 647. The van der Waals surface area contributed by atoms with Crippen LogP contribution in [0.5, 0.6) is 5.75 Å². The van der Waals surface area contributed by atoms with E-state index in [2.05, 4.69) is 4.98 Å². The molecule has 1 aromatic heterocycles. The third-order valence-electron chi connectivity index (χ3n) is 1.97. The van der Waals surface area contributed by atoms with Gasteiger partial charge in [-0.15, -0.1) is 0 Å². The van der Waals surface area contributed by atoms with Crippen LogP contribution in [0, 0.1) is 0 Å². The molecule has 0 unspecified atom stereocenters. The molecule has 0 aliphatic rings. The summed E-state index contributed by atoms with van der Waals surface area (Å²) in [6, 6.07) is 2.71. The molecule has 6 nitrogen and oxygen atoms in total. The summed E-state index contributed by atoms with van der Waals surface area (Å²) < 4.78 is 36.8. The van der Waals surface area contributed by atoms with E-state index in [0.29, 0.717) is 15.3 Å². The minimum atomic E-state index is -4.33. The van der Waals surface area contributed by atoms with E-state index in [0.717, 1.165) is 0 Å². The first-order valence-corrected chi connectivity index (χ1v) is 6.39. The van der Waals surface area contributed by atoms with E-state index < -0.39 is 10.1 Å². The zero-order chi connectivity index (χ0) is 11.9. The predicted molar refractivity (Wildman–Crippen MR) is 60.4 cm³/mol. The Hall–Kier alpha value is -1.38. The highest BCUT2D eigenvalue weighted by Crippen LogP contribution is 2.32. The molecule has 0 fully saturated rings. The Morgan fingerprint density at radius 1 is 1.50 bits per heavy atom. The standard InChI is InChI=1S/C8H8N2O4S2/c1-14-5-3-6-4(10-8(9)15-6)2-7(5)16(11,12)13/h2-3H,1H3,(H2,9,10)(H,11,12,13). The second-order valence-corrected chi connectivity index (χ2v) is 5.45. The van der Waals surface area contributed by atoms with Crippen molar-refractivity contribution in [3.05, 3.63) is 12.1 Å². The van der Waals surface area contributed by atoms with Crippen molar-refractivity contribution in [2.45, 2.75) is 4.90 Å². The summed E-state index contributed by atoms with van der Waals surface area (Å²) in [5, 5.41) is 0.324. The molecule has 8 heteroatoms. The van der Waals surface area contributed by atoms with Gasteiger partial charge in [0.25, 0.3) is 10.1 Å². The van der Waals surface area contributed by atoms with Gasteiger partial charge in [-0.3, -0.25) is 4.55 Å². The van der Waals surface area contributed by atoms with Crippen LogP contribution >= 0.6 is 11.3 Å². The summed E-state index contributed by atoms with van der Waals surface area (Å²) in [5.74, 6) is 0.0682. The molecule has 16 heavy (non-hydrogen) atoms. The number of hydrogen-bond donors (Lipinski definition) is 2. The lowest BCUT2D eigenvalue weighted by Crippen LogP contribution is -2.01. The van der Waals surface area contributed by atoms with Gasteiger partial charge in [0.1, 0.15) is 10.6 Å². The molecular weight excluding hydrogens is 252 g/mol. The molecule has 0 radical (unpaired) electrons. The van der Waals surface area contributed by atoms with Crippen molar-refractivity contribution in [2.75, 3.05) is 12.8 Å². The summed E-state index contributed by atoms with van der Waals surface area (Å²) in [6.07, 6.45) is 0. The van der Waals surface area contributed by atoms with E-state index in [9.17, 15) is 8.42 Å². The number of methoxy groups -OCH3 is 1. The molecule has 0 saturated heterocycles. The Morgan fingerprint density at radius 2 is 2.19 bits per heavy atom. The van der Waals surface area contributed by atoms with Gasteiger partial charge in [0.15, 0.2) is 5.13 Å². The molecule has 1 heterocycles. The Labute approximate surface area is 95.4 Å². The van der Waals surface area contributed by atoms with Crippen molar-refractivity contribution in [1.82, 2.24) is 4.98 Å². The predicted octanol–water partition coefficient (Wildman–Crippen LogP) is 1.13. The van der Waals surface area contributed by atoms with Crippen molar-refractivity contribution in [3.63, 3.8) is 0 Å². The summed E-state index contributed by atoms with van der Waals surface area (Å²) in [5.41, 5.74) is 5.91. The van der Waals surface area contributed by atoms with Crippen LogP contribution < -0.4 is 10.5 Å². The monoisotopic (exact) mass is 260 g/mol. The van der Waals surface area contributed by atoms with E-state index >= 15 is 0 Å². The number of anilines is 1. The number of rotatable bonds is 2. The van der Waals surface area contributed by atoms with Gasteiger partial charge in [0.05, 0.1) is 17.3 Å². The quantitative estimate of drug-likeness (QED) is 0.785. The van der Waals surface area contributed by atoms with Crippen molar-refractivity contribution >= 4 is 36.8 Å². The van der Waals surface area contributed by atoms with Gasteiger partial charge in [-0.05, 0) is 6.07 Å². The second-order valence-electron chi connectivity index (χ2n) is 3.00. The number of benzene rings is 1. The van der Waals surface area contributed by atoms with Crippen LogP contribution in [-0.2, 0) is 10.1 Å². The van der Waals surface area contributed by atoms with Crippen LogP contribution in [0.3, 0.4) is 0 Å². The molecule has 2 rings (SSSR count). The van der Waals surface area contributed by atoms with Crippen molar-refractivity contribution in [2.24, 2.45) is 0 Å². The number of nitrogens with zero attached hydrogens (tertiary/aromatic N) is 1. The average molecular weight is 260 g/mol. The molecule has 0 aliphatic heterocycles. The first kappa shape index (κ1) is 11.1. The summed E-state index contributed by atoms with van der Waals surface area (Å²) in [7, 11) is -3.01. The number of ether oxygens (including phenoxy) is 1. The fourth-order valence-corrected chi connectivity index (χ4v) is 2.72. The Balaban J connectivity index is 2.82. The third-order valence-corrected chi connectivity index (χ3v) is 3.69. The SMILES string of the molecule is COc1cc2sc(N)nc2cc1S(=O)(=O)O. The average Bonchev–Trinajstić information content (AvgIpc) is 2.53. The van der Waals surface area contributed by atoms with Gasteiger partial charge in [0, 0.05) is 6.07 Å². The lowest BCUT2D eigenvalue weighted by Gasteiger charge is -2.04. The lowest BCUT2D eigenvalue weighted by molar-refractivity contribution is 0.398. The number of thiazole rings is 1. The maximum Gasteiger partial charge on any atom is 0.298 e. The topological polar surface area (TPSA) is 103 Å². The van der Waals surface area contributed by atoms with Gasteiger partial charge >= 0.3 is 0 Å². The highest BCUT2D eigenvalue weighted by molar-refractivity contribution is 7.86. The van der Waals surface area contributed by atoms with Gasteiger partial charge in [0.2, 0.25) is 0 Å². The fraction of sp³-hybridized carbons (Fsp3) is 0.125.